The minimum atomic E-state index is -0.496. The fourth-order valence-corrected chi connectivity index (χ4v) is 3.46. The van der Waals surface area contributed by atoms with E-state index >= 15 is 0 Å². The zero-order valence-corrected chi connectivity index (χ0v) is 15.6. The van der Waals surface area contributed by atoms with Crippen LogP contribution in [-0.4, -0.2) is 53.1 Å². The van der Waals surface area contributed by atoms with Crippen LogP contribution in [0.2, 0.25) is 5.02 Å². The smallest absolute Gasteiger partial charge is 0.409 e. The monoisotopic (exact) mass is 375 g/mol. The molecule has 2 aromatic rings. The highest BCUT2D eigenvalue weighted by molar-refractivity contribution is 6.30. The van der Waals surface area contributed by atoms with Crippen LogP contribution >= 0.6 is 11.6 Å². The maximum Gasteiger partial charge on any atom is 0.409 e. The molecule has 2 amide bonds. The van der Waals surface area contributed by atoms with Crippen molar-refractivity contribution in [1.29, 1.82) is 0 Å². The fourth-order valence-electron chi connectivity index (χ4n) is 3.34. The Morgan fingerprint density at radius 2 is 1.96 bits per heavy atom. The maximum absolute atomic E-state index is 13.0. The molecule has 2 heterocycles. The van der Waals surface area contributed by atoms with E-state index in [9.17, 15) is 9.59 Å². The molecule has 6 nitrogen and oxygen atoms in total. The first-order valence-corrected chi connectivity index (χ1v) is 8.95. The molecule has 1 aliphatic heterocycles. The van der Waals surface area contributed by atoms with Crippen LogP contribution < -0.4 is 0 Å². The minimum absolute atomic E-state index is 0.00598. The third-order valence-electron chi connectivity index (χ3n) is 4.69. The second-order valence-electron chi connectivity index (χ2n) is 6.15. The molecule has 0 N–H and O–H groups in total. The van der Waals surface area contributed by atoms with Crippen molar-refractivity contribution in [3.63, 3.8) is 0 Å². The van der Waals surface area contributed by atoms with E-state index in [4.69, 9.17) is 16.3 Å². The number of carbonyl (C=O) groups is 2. The lowest BCUT2D eigenvalue weighted by Crippen LogP contribution is -2.47. The average Bonchev–Trinajstić information content (AvgIpc) is 3.14. The standard InChI is InChI=1S/C19H22ClN3O3/c1-3-21(19(25)26-2)13-17(24)23-12-11-22-10-4-5-16(22)18(23)14-6-8-15(20)9-7-14/h4-10,18H,3,11-13H2,1-2H3. The molecule has 1 unspecified atom stereocenters. The summed E-state index contributed by atoms with van der Waals surface area (Å²) in [4.78, 5) is 28.1. The quantitative estimate of drug-likeness (QED) is 0.824. The highest BCUT2D eigenvalue weighted by Gasteiger charge is 2.33. The third-order valence-corrected chi connectivity index (χ3v) is 4.94. The number of hydrogen-bond donors (Lipinski definition) is 0. The molecule has 0 bridgehead atoms. The Labute approximate surface area is 157 Å². The second kappa shape index (κ2) is 7.83. The van der Waals surface area contributed by atoms with Gasteiger partial charge >= 0.3 is 6.09 Å². The lowest BCUT2D eigenvalue weighted by atomic mass is 10.00. The number of rotatable bonds is 4. The molecule has 0 radical (unpaired) electrons. The summed E-state index contributed by atoms with van der Waals surface area (Å²) in [5.41, 5.74) is 2.04. The number of fused-ring (bicyclic) bond motifs is 1. The predicted molar refractivity (Wildman–Crippen MR) is 99.1 cm³/mol. The van der Waals surface area contributed by atoms with E-state index < -0.39 is 6.09 Å². The van der Waals surface area contributed by atoms with Crippen molar-refractivity contribution in [2.75, 3.05) is 26.7 Å². The zero-order chi connectivity index (χ0) is 18.7. The number of carbonyl (C=O) groups excluding carboxylic acids is 2. The van der Waals surface area contributed by atoms with Gasteiger partial charge in [-0.1, -0.05) is 23.7 Å². The molecule has 0 saturated carbocycles. The van der Waals surface area contributed by atoms with Crippen molar-refractivity contribution < 1.29 is 14.3 Å². The van der Waals surface area contributed by atoms with Gasteiger partial charge in [0.1, 0.15) is 6.54 Å². The largest absolute Gasteiger partial charge is 0.453 e. The van der Waals surface area contributed by atoms with E-state index in [-0.39, 0.29) is 18.5 Å². The Hall–Kier alpha value is -2.47. The number of amides is 2. The molecule has 1 aromatic carbocycles. The Morgan fingerprint density at radius 1 is 1.23 bits per heavy atom. The van der Waals surface area contributed by atoms with Crippen LogP contribution in [0.15, 0.2) is 42.6 Å². The molecule has 1 atom stereocenters. The number of hydrogen-bond acceptors (Lipinski definition) is 3. The topological polar surface area (TPSA) is 54.8 Å². The van der Waals surface area contributed by atoms with Crippen molar-refractivity contribution in [1.82, 2.24) is 14.4 Å². The van der Waals surface area contributed by atoms with Crippen LogP contribution in [0.1, 0.15) is 24.2 Å². The first kappa shape index (κ1) is 18.3. The molecule has 138 valence electrons. The molecule has 7 heteroatoms. The van der Waals surface area contributed by atoms with Gasteiger partial charge in [-0.15, -0.1) is 0 Å². The summed E-state index contributed by atoms with van der Waals surface area (Å²) in [7, 11) is 1.32. The zero-order valence-electron chi connectivity index (χ0n) is 14.9. The van der Waals surface area contributed by atoms with E-state index in [1.54, 1.807) is 0 Å². The highest BCUT2D eigenvalue weighted by Crippen LogP contribution is 2.33. The number of likely N-dealkylation sites (N-methyl/N-ethyl adjacent to an activating group) is 1. The fraction of sp³-hybridized carbons (Fsp3) is 0.368. The van der Waals surface area contributed by atoms with Crippen LogP contribution in [0, 0.1) is 0 Å². The number of methoxy groups -OCH3 is 1. The van der Waals surface area contributed by atoms with E-state index in [2.05, 4.69) is 4.57 Å². The molecular weight excluding hydrogens is 354 g/mol. The van der Waals surface area contributed by atoms with Gasteiger partial charge in [0.25, 0.3) is 0 Å². The third kappa shape index (κ3) is 3.55. The summed E-state index contributed by atoms with van der Waals surface area (Å²) in [6.45, 7) is 3.53. The van der Waals surface area contributed by atoms with Gasteiger partial charge in [0.2, 0.25) is 5.91 Å². The molecule has 3 rings (SSSR count). The normalized spacial score (nSPS) is 16.1. The Balaban J connectivity index is 1.90. The van der Waals surface area contributed by atoms with Gasteiger partial charge in [-0.2, -0.15) is 0 Å². The van der Waals surface area contributed by atoms with Crippen LogP contribution in [0.25, 0.3) is 0 Å². The molecule has 0 saturated heterocycles. The van der Waals surface area contributed by atoms with E-state index in [1.807, 2.05) is 54.4 Å². The van der Waals surface area contributed by atoms with Crippen molar-refractivity contribution >= 4 is 23.6 Å². The number of aromatic nitrogens is 1. The van der Waals surface area contributed by atoms with Crippen molar-refractivity contribution in [3.05, 3.63) is 58.9 Å². The van der Waals surface area contributed by atoms with E-state index in [0.29, 0.717) is 18.1 Å². The molecule has 26 heavy (non-hydrogen) atoms. The van der Waals surface area contributed by atoms with Crippen molar-refractivity contribution in [3.8, 4) is 0 Å². The minimum Gasteiger partial charge on any atom is -0.453 e. The first-order chi connectivity index (χ1) is 12.5. The molecule has 0 aliphatic carbocycles. The Morgan fingerprint density at radius 3 is 2.62 bits per heavy atom. The van der Waals surface area contributed by atoms with Gasteiger partial charge in [-0.05, 0) is 36.8 Å². The molecule has 1 aliphatic rings. The molecule has 0 fully saturated rings. The molecule has 0 spiro atoms. The van der Waals surface area contributed by atoms with Gasteiger partial charge in [0.05, 0.1) is 13.2 Å². The Bertz CT molecular complexity index is 788. The number of halogens is 1. The lowest BCUT2D eigenvalue weighted by Gasteiger charge is -2.38. The second-order valence-corrected chi connectivity index (χ2v) is 6.59. The summed E-state index contributed by atoms with van der Waals surface area (Å²) in [5, 5.41) is 0.653. The summed E-state index contributed by atoms with van der Waals surface area (Å²) in [5.74, 6) is -0.107. The SMILES string of the molecule is CCN(CC(=O)N1CCn2cccc2C1c1ccc(Cl)cc1)C(=O)OC. The van der Waals surface area contributed by atoms with Crippen molar-refractivity contribution in [2.24, 2.45) is 0 Å². The lowest BCUT2D eigenvalue weighted by molar-refractivity contribution is -0.134. The number of nitrogens with zero attached hydrogens (tertiary/aromatic N) is 3. The summed E-state index contributed by atoms with van der Waals surface area (Å²) >= 11 is 6.02. The van der Waals surface area contributed by atoms with Gasteiger partial charge < -0.3 is 14.2 Å². The van der Waals surface area contributed by atoms with Crippen LogP contribution in [0.5, 0.6) is 0 Å². The van der Waals surface area contributed by atoms with Gasteiger partial charge in [0.15, 0.2) is 0 Å². The first-order valence-electron chi connectivity index (χ1n) is 8.58. The van der Waals surface area contributed by atoms with Gasteiger partial charge in [-0.25, -0.2) is 4.79 Å². The van der Waals surface area contributed by atoms with Crippen LogP contribution in [0.4, 0.5) is 4.79 Å². The summed E-state index contributed by atoms with van der Waals surface area (Å²) < 4.78 is 6.91. The Kier molecular flexibility index (Phi) is 5.52. The molecular formula is C19H22ClN3O3. The van der Waals surface area contributed by atoms with Crippen molar-refractivity contribution in [2.45, 2.75) is 19.5 Å². The average molecular weight is 376 g/mol. The molecule has 1 aromatic heterocycles. The van der Waals surface area contributed by atoms with Crippen LogP contribution in [0.3, 0.4) is 0 Å². The van der Waals surface area contributed by atoms with Gasteiger partial charge in [0, 0.05) is 36.5 Å². The predicted octanol–water partition coefficient (Wildman–Crippen LogP) is 3.16. The summed E-state index contributed by atoms with van der Waals surface area (Å²) in [6.07, 6.45) is 1.52. The van der Waals surface area contributed by atoms with Gasteiger partial charge in [-0.3, -0.25) is 9.69 Å². The number of ether oxygens (including phenoxy) is 1. The number of benzene rings is 1. The highest BCUT2D eigenvalue weighted by atomic mass is 35.5. The van der Waals surface area contributed by atoms with Crippen LogP contribution in [-0.2, 0) is 16.1 Å². The summed E-state index contributed by atoms with van der Waals surface area (Å²) in [6, 6.07) is 11.3. The van der Waals surface area contributed by atoms with E-state index in [1.165, 1.54) is 12.0 Å². The maximum atomic E-state index is 13.0. The van der Waals surface area contributed by atoms with E-state index in [0.717, 1.165) is 17.8 Å².